The van der Waals surface area contributed by atoms with Crippen LogP contribution in [0.1, 0.15) is 48.5 Å². The molecule has 1 saturated carbocycles. The zero-order chi connectivity index (χ0) is 13.2. The second-order valence-electron chi connectivity index (χ2n) is 5.77. The Morgan fingerprint density at radius 3 is 3.21 bits per heavy atom. The van der Waals surface area contributed by atoms with Crippen LogP contribution in [0.25, 0.3) is 0 Å². The van der Waals surface area contributed by atoms with Crippen molar-refractivity contribution in [3.63, 3.8) is 0 Å². The molecule has 0 radical (unpaired) electrons. The molecule has 3 rings (SSSR count). The Bertz CT molecular complexity index is 484. The van der Waals surface area contributed by atoms with Gasteiger partial charge in [0.05, 0.1) is 0 Å². The van der Waals surface area contributed by atoms with Gasteiger partial charge in [-0.1, -0.05) is 13.3 Å². The van der Waals surface area contributed by atoms with Crippen molar-refractivity contribution in [2.75, 3.05) is 11.9 Å². The van der Waals surface area contributed by atoms with Gasteiger partial charge in [-0.05, 0) is 55.4 Å². The highest BCUT2D eigenvalue weighted by Crippen LogP contribution is 2.34. The summed E-state index contributed by atoms with van der Waals surface area (Å²) in [6.45, 7) is 3.24. The molecule has 2 N–H and O–H groups in total. The van der Waals surface area contributed by atoms with Crippen LogP contribution in [-0.4, -0.2) is 18.5 Å². The van der Waals surface area contributed by atoms with Gasteiger partial charge >= 0.3 is 0 Å². The van der Waals surface area contributed by atoms with Crippen molar-refractivity contribution in [1.82, 2.24) is 5.32 Å². The first-order valence-electron chi connectivity index (χ1n) is 7.45. The summed E-state index contributed by atoms with van der Waals surface area (Å²) < 4.78 is 0. The molecule has 1 amide bonds. The molecule has 1 heterocycles. The highest BCUT2D eigenvalue weighted by atomic mass is 16.1. The molecular weight excluding hydrogens is 236 g/mol. The highest BCUT2D eigenvalue weighted by molar-refractivity contribution is 5.95. The van der Waals surface area contributed by atoms with Crippen molar-refractivity contribution in [3.05, 3.63) is 29.3 Å². The standard InChI is InChI=1S/C16H22N2O/c1-2-4-11-10-15(11)18-16(19)13-6-7-14-12(9-13)5-3-8-17-14/h6-7,9,11,15,17H,2-5,8,10H2,1H3,(H,18,19). The van der Waals surface area contributed by atoms with Crippen LogP contribution < -0.4 is 10.6 Å². The molecule has 0 spiro atoms. The molecule has 1 aliphatic heterocycles. The van der Waals surface area contributed by atoms with E-state index >= 15 is 0 Å². The fourth-order valence-electron chi connectivity index (χ4n) is 2.98. The van der Waals surface area contributed by atoms with Crippen molar-refractivity contribution in [1.29, 1.82) is 0 Å². The third kappa shape index (κ3) is 2.75. The number of rotatable bonds is 4. The summed E-state index contributed by atoms with van der Waals surface area (Å²) >= 11 is 0. The van der Waals surface area contributed by atoms with E-state index in [9.17, 15) is 4.79 Å². The van der Waals surface area contributed by atoms with Crippen molar-refractivity contribution in [3.8, 4) is 0 Å². The normalized spacial score (nSPS) is 24.3. The smallest absolute Gasteiger partial charge is 0.251 e. The predicted molar refractivity (Wildman–Crippen MR) is 77.5 cm³/mol. The number of aryl methyl sites for hydroxylation is 1. The molecule has 2 atom stereocenters. The lowest BCUT2D eigenvalue weighted by atomic mass is 10.0. The molecule has 2 aliphatic rings. The molecule has 19 heavy (non-hydrogen) atoms. The Labute approximate surface area is 114 Å². The summed E-state index contributed by atoms with van der Waals surface area (Å²) in [5.74, 6) is 0.810. The fourth-order valence-corrected chi connectivity index (χ4v) is 2.98. The molecule has 0 saturated heterocycles. The molecule has 0 bridgehead atoms. The Morgan fingerprint density at radius 1 is 1.47 bits per heavy atom. The first-order chi connectivity index (χ1) is 9.28. The number of carbonyl (C=O) groups excluding carboxylic acids is 1. The molecule has 1 fully saturated rings. The van der Waals surface area contributed by atoms with Gasteiger partial charge in [0.15, 0.2) is 0 Å². The lowest BCUT2D eigenvalue weighted by Gasteiger charge is -2.18. The van der Waals surface area contributed by atoms with Gasteiger partial charge < -0.3 is 10.6 Å². The number of nitrogens with one attached hydrogen (secondary N) is 2. The number of hydrogen-bond donors (Lipinski definition) is 2. The number of hydrogen-bond acceptors (Lipinski definition) is 2. The average molecular weight is 258 g/mol. The summed E-state index contributed by atoms with van der Waals surface area (Å²) in [6, 6.07) is 6.44. The van der Waals surface area contributed by atoms with E-state index < -0.39 is 0 Å². The van der Waals surface area contributed by atoms with Crippen molar-refractivity contribution in [2.24, 2.45) is 5.92 Å². The van der Waals surface area contributed by atoms with Gasteiger partial charge in [-0.2, -0.15) is 0 Å². The second kappa shape index (κ2) is 5.24. The van der Waals surface area contributed by atoms with Gasteiger partial charge in [0.1, 0.15) is 0 Å². The highest BCUT2D eigenvalue weighted by Gasteiger charge is 2.37. The van der Waals surface area contributed by atoms with Crippen LogP contribution in [0.2, 0.25) is 0 Å². The summed E-state index contributed by atoms with van der Waals surface area (Å²) in [7, 11) is 0. The van der Waals surface area contributed by atoms with Crippen LogP contribution in [-0.2, 0) is 6.42 Å². The van der Waals surface area contributed by atoms with Crippen molar-refractivity contribution in [2.45, 2.75) is 45.1 Å². The van der Waals surface area contributed by atoms with Gasteiger partial charge in [0.25, 0.3) is 5.91 Å². The van der Waals surface area contributed by atoms with E-state index in [0.717, 1.165) is 31.4 Å². The Morgan fingerprint density at radius 2 is 2.37 bits per heavy atom. The maximum atomic E-state index is 12.2. The van der Waals surface area contributed by atoms with Gasteiger partial charge in [0.2, 0.25) is 0 Å². The first-order valence-corrected chi connectivity index (χ1v) is 7.45. The zero-order valence-corrected chi connectivity index (χ0v) is 11.5. The molecule has 1 aromatic carbocycles. The second-order valence-corrected chi connectivity index (χ2v) is 5.77. The topological polar surface area (TPSA) is 41.1 Å². The van der Waals surface area contributed by atoms with Crippen LogP contribution in [0, 0.1) is 5.92 Å². The molecule has 3 heteroatoms. The van der Waals surface area contributed by atoms with E-state index in [4.69, 9.17) is 0 Å². The Hall–Kier alpha value is -1.51. The van der Waals surface area contributed by atoms with E-state index in [-0.39, 0.29) is 5.91 Å². The van der Waals surface area contributed by atoms with Crippen molar-refractivity contribution >= 4 is 11.6 Å². The summed E-state index contributed by atoms with van der Waals surface area (Å²) in [4.78, 5) is 12.2. The number of fused-ring (bicyclic) bond motifs is 1. The van der Waals surface area contributed by atoms with Gasteiger partial charge in [-0.3, -0.25) is 4.79 Å². The van der Waals surface area contributed by atoms with Crippen LogP contribution in [0.3, 0.4) is 0 Å². The van der Waals surface area contributed by atoms with E-state index in [1.54, 1.807) is 0 Å². The van der Waals surface area contributed by atoms with E-state index in [1.807, 2.05) is 18.2 Å². The van der Waals surface area contributed by atoms with Gasteiger partial charge in [-0.25, -0.2) is 0 Å². The SMILES string of the molecule is CCCC1CC1NC(=O)c1ccc2c(c1)CCCN2. The fraction of sp³-hybridized carbons (Fsp3) is 0.562. The maximum absolute atomic E-state index is 12.2. The van der Waals surface area contributed by atoms with Gasteiger partial charge in [0, 0.05) is 23.8 Å². The molecule has 2 unspecified atom stereocenters. The van der Waals surface area contributed by atoms with Crippen LogP contribution in [0.4, 0.5) is 5.69 Å². The monoisotopic (exact) mass is 258 g/mol. The lowest BCUT2D eigenvalue weighted by Crippen LogP contribution is -2.27. The first kappa shape index (κ1) is 12.5. The third-order valence-corrected chi connectivity index (χ3v) is 4.20. The average Bonchev–Trinajstić information content (AvgIpc) is 3.16. The van der Waals surface area contributed by atoms with E-state index in [0.29, 0.717) is 12.0 Å². The quantitative estimate of drug-likeness (QED) is 0.871. The van der Waals surface area contributed by atoms with Crippen LogP contribution >= 0.6 is 0 Å². The molecule has 102 valence electrons. The van der Waals surface area contributed by atoms with Crippen LogP contribution in [0.15, 0.2) is 18.2 Å². The molecule has 1 aliphatic carbocycles. The van der Waals surface area contributed by atoms with Crippen LogP contribution in [0.5, 0.6) is 0 Å². The molecular formula is C16H22N2O. The Kier molecular flexibility index (Phi) is 3.45. The molecule has 0 aromatic heterocycles. The number of benzene rings is 1. The number of amides is 1. The minimum absolute atomic E-state index is 0.0944. The summed E-state index contributed by atoms with van der Waals surface area (Å²) in [5.41, 5.74) is 3.28. The Balaban J connectivity index is 1.64. The summed E-state index contributed by atoms with van der Waals surface area (Å²) in [6.07, 6.45) is 5.83. The largest absolute Gasteiger partial charge is 0.385 e. The number of carbonyl (C=O) groups is 1. The maximum Gasteiger partial charge on any atom is 0.251 e. The number of anilines is 1. The summed E-state index contributed by atoms with van der Waals surface area (Å²) in [5, 5.41) is 6.53. The molecule has 1 aromatic rings. The minimum atomic E-state index is 0.0944. The lowest BCUT2D eigenvalue weighted by molar-refractivity contribution is 0.0948. The van der Waals surface area contributed by atoms with E-state index in [1.165, 1.54) is 24.1 Å². The van der Waals surface area contributed by atoms with Gasteiger partial charge in [-0.15, -0.1) is 0 Å². The third-order valence-electron chi connectivity index (χ3n) is 4.20. The van der Waals surface area contributed by atoms with Crippen molar-refractivity contribution < 1.29 is 4.79 Å². The predicted octanol–water partition coefficient (Wildman–Crippen LogP) is 2.96. The van der Waals surface area contributed by atoms with E-state index in [2.05, 4.69) is 17.6 Å². The zero-order valence-electron chi connectivity index (χ0n) is 11.5. The minimum Gasteiger partial charge on any atom is -0.385 e. The molecule has 3 nitrogen and oxygen atoms in total.